The van der Waals surface area contributed by atoms with E-state index in [2.05, 4.69) is 41.3 Å². The molecule has 0 aromatic heterocycles. The third-order valence-corrected chi connectivity index (χ3v) is 5.69. The number of ether oxygens (including phenoxy) is 1. The number of benzene rings is 1. The van der Waals surface area contributed by atoms with Gasteiger partial charge in [0.1, 0.15) is 6.23 Å². The fraction of sp³-hybridized carbons (Fsp3) is 0.526. The summed E-state index contributed by atoms with van der Waals surface area (Å²) in [5.41, 5.74) is 2.75. The minimum atomic E-state index is 0.0651. The Kier molecular flexibility index (Phi) is 3.52. The fourth-order valence-corrected chi connectivity index (χ4v) is 4.82. The summed E-state index contributed by atoms with van der Waals surface area (Å²) in [7, 11) is 0. The molecule has 4 rings (SSSR count). The summed E-state index contributed by atoms with van der Waals surface area (Å²) in [5.74, 6) is 0. The van der Waals surface area contributed by atoms with Crippen LogP contribution in [-0.2, 0) is 4.74 Å². The SMILES string of the molecule is N#C/C=C1\CCC[C@]12CCCC1OC[C@@H](c3ccccc3)N12. The van der Waals surface area contributed by atoms with Gasteiger partial charge in [-0.25, -0.2) is 0 Å². The van der Waals surface area contributed by atoms with Crippen LogP contribution in [0.3, 0.4) is 0 Å². The Hall–Kier alpha value is -1.63. The van der Waals surface area contributed by atoms with Crippen LogP contribution in [0.5, 0.6) is 0 Å². The fourth-order valence-electron chi connectivity index (χ4n) is 4.82. The molecule has 1 spiro atoms. The molecule has 3 aliphatic rings. The van der Waals surface area contributed by atoms with Gasteiger partial charge in [0.05, 0.1) is 18.7 Å². The highest BCUT2D eigenvalue weighted by Crippen LogP contribution is 2.53. The average Bonchev–Trinajstić information content (AvgIpc) is 3.15. The van der Waals surface area contributed by atoms with Gasteiger partial charge in [-0.05, 0) is 49.7 Å². The number of nitriles is 1. The lowest BCUT2D eigenvalue weighted by Gasteiger charge is -2.49. The van der Waals surface area contributed by atoms with E-state index in [1.165, 1.54) is 36.8 Å². The third-order valence-electron chi connectivity index (χ3n) is 5.69. The molecule has 3 heteroatoms. The van der Waals surface area contributed by atoms with Crippen molar-refractivity contribution in [2.75, 3.05) is 6.61 Å². The second-order valence-electron chi connectivity index (χ2n) is 6.70. The minimum absolute atomic E-state index is 0.0651. The van der Waals surface area contributed by atoms with Gasteiger partial charge in [-0.3, -0.25) is 4.90 Å². The molecule has 2 heterocycles. The highest BCUT2D eigenvalue weighted by molar-refractivity contribution is 5.33. The number of allylic oxidation sites excluding steroid dienone is 1. The van der Waals surface area contributed by atoms with Crippen molar-refractivity contribution >= 4 is 0 Å². The van der Waals surface area contributed by atoms with Gasteiger partial charge in [0.2, 0.25) is 0 Å². The Morgan fingerprint density at radius 3 is 2.86 bits per heavy atom. The lowest BCUT2D eigenvalue weighted by Crippen LogP contribution is -2.54. The number of hydrogen-bond donors (Lipinski definition) is 0. The molecule has 114 valence electrons. The Labute approximate surface area is 132 Å². The normalized spacial score (nSPS) is 36.6. The smallest absolute Gasteiger partial charge is 0.111 e. The summed E-state index contributed by atoms with van der Waals surface area (Å²) < 4.78 is 6.15. The van der Waals surface area contributed by atoms with Gasteiger partial charge in [-0.2, -0.15) is 5.26 Å². The molecule has 3 fully saturated rings. The molecule has 0 N–H and O–H groups in total. The van der Waals surface area contributed by atoms with Crippen LogP contribution in [-0.4, -0.2) is 23.3 Å². The molecule has 1 aromatic rings. The van der Waals surface area contributed by atoms with Crippen LogP contribution in [0.1, 0.15) is 50.1 Å². The second-order valence-corrected chi connectivity index (χ2v) is 6.70. The summed E-state index contributed by atoms with van der Waals surface area (Å²) in [6.45, 7) is 0.774. The largest absolute Gasteiger partial charge is 0.361 e. The number of hydrogen-bond acceptors (Lipinski definition) is 3. The molecule has 3 nitrogen and oxygen atoms in total. The van der Waals surface area contributed by atoms with Crippen molar-refractivity contribution in [3.05, 3.63) is 47.5 Å². The minimum Gasteiger partial charge on any atom is -0.361 e. The molecule has 1 aliphatic carbocycles. The Morgan fingerprint density at radius 1 is 1.23 bits per heavy atom. The first-order valence-electron chi connectivity index (χ1n) is 8.39. The van der Waals surface area contributed by atoms with Gasteiger partial charge in [-0.1, -0.05) is 30.3 Å². The molecule has 0 bridgehead atoms. The summed E-state index contributed by atoms with van der Waals surface area (Å²) in [5, 5.41) is 9.19. The Balaban J connectivity index is 1.76. The molecule has 1 aromatic carbocycles. The summed E-state index contributed by atoms with van der Waals surface area (Å²) in [6, 6.07) is 13.3. The third kappa shape index (κ3) is 2.02. The highest BCUT2D eigenvalue weighted by atomic mass is 16.5. The molecular formula is C19H22N2O. The van der Waals surface area contributed by atoms with Gasteiger partial charge in [-0.15, -0.1) is 0 Å². The summed E-state index contributed by atoms with van der Waals surface area (Å²) in [4.78, 5) is 2.61. The lowest BCUT2D eigenvalue weighted by atomic mass is 9.79. The first-order valence-corrected chi connectivity index (χ1v) is 8.39. The van der Waals surface area contributed by atoms with E-state index in [4.69, 9.17) is 4.74 Å². The first-order chi connectivity index (χ1) is 10.8. The van der Waals surface area contributed by atoms with Crippen molar-refractivity contribution < 1.29 is 4.74 Å². The predicted molar refractivity (Wildman–Crippen MR) is 84.9 cm³/mol. The Morgan fingerprint density at radius 2 is 2.05 bits per heavy atom. The number of fused-ring (bicyclic) bond motifs is 2. The van der Waals surface area contributed by atoms with Gasteiger partial charge in [0, 0.05) is 11.6 Å². The van der Waals surface area contributed by atoms with Crippen molar-refractivity contribution in [2.45, 2.75) is 56.3 Å². The van der Waals surface area contributed by atoms with Crippen LogP contribution in [0, 0.1) is 11.3 Å². The van der Waals surface area contributed by atoms with Crippen molar-refractivity contribution in [3.8, 4) is 6.07 Å². The van der Waals surface area contributed by atoms with Crippen LogP contribution < -0.4 is 0 Å². The molecular weight excluding hydrogens is 272 g/mol. The van der Waals surface area contributed by atoms with Crippen LogP contribution in [0.4, 0.5) is 0 Å². The van der Waals surface area contributed by atoms with Crippen LogP contribution in [0.2, 0.25) is 0 Å². The van der Waals surface area contributed by atoms with Gasteiger partial charge >= 0.3 is 0 Å². The lowest BCUT2D eigenvalue weighted by molar-refractivity contribution is -0.0570. The Bertz CT molecular complexity index is 618. The highest BCUT2D eigenvalue weighted by Gasteiger charge is 2.53. The first kappa shape index (κ1) is 14.0. The zero-order valence-electron chi connectivity index (χ0n) is 12.9. The van der Waals surface area contributed by atoms with E-state index in [1.807, 2.05) is 6.08 Å². The van der Waals surface area contributed by atoms with E-state index < -0.39 is 0 Å². The van der Waals surface area contributed by atoms with Gasteiger partial charge < -0.3 is 4.74 Å². The van der Waals surface area contributed by atoms with E-state index in [9.17, 15) is 5.26 Å². The van der Waals surface area contributed by atoms with Crippen LogP contribution >= 0.6 is 0 Å². The molecule has 3 atom stereocenters. The number of rotatable bonds is 1. The van der Waals surface area contributed by atoms with Crippen molar-refractivity contribution in [2.24, 2.45) is 0 Å². The van der Waals surface area contributed by atoms with Crippen LogP contribution in [0.25, 0.3) is 0 Å². The molecule has 1 saturated carbocycles. The maximum atomic E-state index is 9.19. The standard InChI is InChI=1S/C19H22N2O/c20-13-10-16-8-4-11-19(16)12-5-9-18-21(19)17(14-22-18)15-6-2-1-3-7-15/h1-3,6-7,10,17-18H,4-5,8-9,11-12,14H2/b16-10+/t17-,18?,19-/m0/s1. The van der Waals surface area contributed by atoms with Gasteiger partial charge in [0.15, 0.2) is 0 Å². The van der Waals surface area contributed by atoms with E-state index in [1.54, 1.807) is 0 Å². The average molecular weight is 294 g/mol. The van der Waals surface area contributed by atoms with Crippen molar-refractivity contribution in [1.82, 2.24) is 4.90 Å². The summed E-state index contributed by atoms with van der Waals surface area (Å²) >= 11 is 0. The van der Waals surface area contributed by atoms with E-state index in [-0.39, 0.29) is 11.8 Å². The quantitative estimate of drug-likeness (QED) is 0.736. The maximum Gasteiger partial charge on any atom is 0.111 e. The topological polar surface area (TPSA) is 36.3 Å². The van der Waals surface area contributed by atoms with E-state index in [0.29, 0.717) is 6.04 Å². The monoisotopic (exact) mass is 294 g/mol. The molecule has 22 heavy (non-hydrogen) atoms. The predicted octanol–water partition coefficient (Wildman–Crippen LogP) is 3.94. The molecule has 0 radical (unpaired) electrons. The second kappa shape index (κ2) is 5.53. The summed E-state index contributed by atoms with van der Waals surface area (Å²) in [6.07, 6.45) is 8.95. The van der Waals surface area contributed by atoms with Gasteiger partial charge in [0.25, 0.3) is 0 Å². The van der Waals surface area contributed by atoms with Crippen molar-refractivity contribution in [1.29, 1.82) is 5.26 Å². The zero-order chi connectivity index (χ0) is 15.0. The molecule has 2 aliphatic heterocycles. The van der Waals surface area contributed by atoms with Crippen LogP contribution in [0.15, 0.2) is 42.0 Å². The van der Waals surface area contributed by atoms with Crippen molar-refractivity contribution in [3.63, 3.8) is 0 Å². The molecule has 0 amide bonds. The van der Waals surface area contributed by atoms with E-state index >= 15 is 0 Å². The number of piperidine rings is 1. The van der Waals surface area contributed by atoms with E-state index in [0.717, 1.165) is 19.4 Å². The maximum absolute atomic E-state index is 9.19. The number of nitrogens with zero attached hydrogens (tertiary/aromatic N) is 2. The molecule has 1 unspecified atom stereocenters. The zero-order valence-corrected chi connectivity index (χ0v) is 12.9. The molecule has 2 saturated heterocycles.